The van der Waals surface area contributed by atoms with Gasteiger partial charge >= 0.3 is 0 Å². The first kappa shape index (κ1) is 12.2. The smallest absolute Gasteiger partial charge is 0.231 e. The van der Waals surface area contributed by atoms with Gasteiger partial charge in [0.15, 0.2) is 11.5 Å². The molecule has 1 saturated heterocycles. The molecular weight excluding hydrogens is 246 g/mol. The fraction of sp³-hybridized carbons (Fsp3) is 0.571. The van der Waals surface area contributed by atoms with E-state index in [0.717, 1.165) is 16.7 Å². The molecule has 1 aromatic carbocycles. The minimum atomic E-state index is 0.359. The number of fused-ring (bicyclic) bond motifs is 1. The van der Waals surface area contributed by atoms with Gasteiger partial charge in [0.2, 0.25) is 6.79 Å². The zero-order valence-corrected chi connectivity index (χ0v) is 11.5. The largest absolute Gasteiger partial charge is 0.454 e. The van der Waals surface area contributed by atoms with Crippen LogP contribution in [0.4, 0.5) is 0 Å². The van der Waals surface area contributed by atoms with E-state index in [0.29, 0.717) is 6.79 Å². The van der Waals surface area contributed by atoms with Gasteiger partial charge < -0.3 is 14.4 Å². The summed E-state index contributed by atoms with van der Waals surface area (Å²) in [5, 5.41) is 0.744. The molecule has 3 rings (SSSR count). The van der Waals surface area contributed by atoms with Crippen molar-refractivity contribution in [1.82, 2.24) is 4.90 Å². The van der Waals surface area contributed by atoms with Crippen LogP contribution in [0.5, 0.6) is 11.5 Å². The van der Waals surface area contributed by atoms with Crippen molar-refractivity contribution in [2.45, 2.75) is 29.9 Å². The summed E-state index contributed by atoms with van der Waals surface area (Å²) in [5.41, 5.74) is 0. The number of thioether (sulfide) groups is 1. The predicted octanol–water partition coefficient (Wildman–Crippen LogP) is 2.99. The molecule has 0 atom stereocenters. The highest BCUT2D eigenvalue weighted by Gasteiger charge is 2.20. The SMILES string of the molecule is CCN1CCC(Sc2ccc3c(c2)OCO3)CC1. The van der Waals surface area contributed by atoms with Crippen LogP contribution in [-0.4, -0.2) is 36.6 Å². The molecule has 1 fully saturated rings. The topological polar surface area (TPSA) is 21.7 Å². The van der Waals surface area contributed by atoms with Gasteiger partial charge in [-0.1, -0.05) is 6.92 Å². The van der Waals surface area contributed by atoms with Crippen molar-refractivity contribution in [2.75, 3.05) is 26.4 Å². The first-order chi connectivity index (χ1) is 8.85. The third kappa shape index (κ3) is 2.59. The average Bonchev–Trinajstić information content (AvgIpc) is 2.87. The van der Waals surface area contributed by atoms with E-state index in [9.17, 15) is 0 Å². The Morgan fingerprint density at radius 2 is 2.00 bits per heavy atom. The Labute approximate surface area is 112 Å². The van der Waals surface area contributed by atoms with E-state index < -0.39 is 0 Å². The molecule has 2 aliphatic rings. The average molecular weight is 265 g/mol. The maximum absolute atomic E-state index is 5.42. The van der Waals surface area contributed by atoms with Gasteiger partial charge in [-0.15, -0.1) is 11.8 Å². The van der Waals surface area contributed by atoms with E-state index >= 15 is 0 Å². The first-order valence-electron chi connectivity index (χ1n) is 6.64. The van der Waals surface area contributed by atoms with Crippen LogP contribution in [-0.2, 0) is 0 Å². The Morgan fingerprint density at radius 3 is 2.78 bits per heavy atom. The molecule has 98 valence electrons. The normalized spacial score (nSPS) is 20.3. The number of ether oxygens (including phenoxy) is 2. The van der Waals surface area contributed by atoms with E-state index in [-0.39, 0.29) is 0 Å². The van der Waals surface area contributed by atoms with Crippen LogP contribution in [0.3, 0.4) is 0 Å². The fourth-order valence-corrected chi connectivity index (χ4v) is 3.64. The van der Waals surface area contributed by atoms with Crippen LogP contribution in [0.2, 0.25) is 0 Å². The van der Waals surface area contributed by atoms with Crippen LogP contribution < -0.4 is 9.47 Å². The molecule has 0 aromatic heterocycles. The van der Waals surface area contributed by atoms with Gasteiger partial charge in [0.05, 0.1) is 0 Å². The van der Waals surface area contributed by atoms with Gasteiger partial charge in [0.25, 0.3) is 0 Å². The molecule has 2 heterocycles. The van der Waals surface area contributed by atoms with Crippen molar-refractivity contribution >= 4 is 11.8 Å². The van der Waals surface area contributed by atoms with E-state index in [1.807, 2.05) is 17.8 Å². The second kappa shape index (κ2) is 5.41. The molecule has 0 N–H and O–H groups in total. The van der Waals surface area contributed by atoms with Gasteiger partial charge in [-0.3, -0.25) is 0 Å². The molecule has 1 aromatic rings. The van der Waals surface area contributed by atoms with E-state index in [1.165, 1.54) is 37.4 Å². The monoisotopic (exact) mass is 265 g/mol. The predicted molar refractivity (Wildman–Crippen MR) is 73.6 cm³/mol. The van der Waals surface area contributed by atoms with Crippen molar-refractivity contribution in [1.29, 1.82) is 0 Å². The number of likely N-dealkylation sites (tertiary alicyclic amines) is 1. The third-order valence-corrected chi connectivity index (χ3v) is 4.96. The summed E-state index contributed by atoms with van der Waals surface area (Å²) >= 11 is 1.98. The van der Waals surface area contributed by atoms with Crippen LogP contribution in [0, 0.1) is 0 Å². The molecule has 0 radical (unpaired) electrons. The maximum Gasteiger partial charge on any atom is 0.231 e. The quantitative estimate of drug-likeness (QED) is 0.837. The summed E-state index contributed by atoms with van der Waals surface area (Å²) in [6.45, 7) is 6.25. The van der Waals surface area contributed by atoms with E-state index in [2.05, 4.69) is 24.0 Å². The summed E-state index contributed by atoms with van der Waals surface area (Å²) < 4.78 is 10.8. The Kier molecular flexibility index (Phi) is 3.66. The number of hydrogen-bond donors (Lipinski definition) is 0. The standard InChI is InChI=1S/C14H19NO2S/c1-2-15-7-5-11(6-8-15)18-12-3-4-13-14(9-12)17-10-16-13/h3-4,9,11H,2,5-8,10H2,1H3. The van der Waals surface area contributed by atoms with Crippen LogP contribution in [0.15, 0.2) is 23.1 Å². The van der Waals surface area contributed by atoms with Crippen molar-refractivity contribution in [3.05, 3.63) is 18.2 Å². The molecule has 0 bridgehead atoms. The Hall–Kier alpha value is -0.870. The number of benzene rings is 1. The molecule has 18 heavy (non-hydrogen) atoms. The molecule has 4 heteroatoms. The van der Waals surface area contributed by atoms with Gasteiger partial charge in [-0.2, -0.15) is 0 Å². The third-order valence-electron chi connectivity index (χ3n) is 3.63. The fourth-order valence-electron chi connectivity index (χ4n) is 2.49. The summed E-state index contributed by atoms with van der Waals surface area (Å²) in [5.74, 6) is 1.77. The number of piperidine rings is 1. The maximum atomic E-state index is 5.42. The van der Waals surface area contributed by atoms with Crippen molar-refractivity contribution in [3.8, 4) is 11.5 Å². The zero-order valence-electron chi connectivity index (χ0n) is 10.7. The first-order valence-corrected chi connectivity index (χ1v) is 7.52. The zero-order chi connectivity index (χ0) is 12.4. The molecule has 0 spiro atoms. The molecular formula is C14H19NO2S. The van der Waals surface area contributed by atoms with Crippen LogP contribution >= 0.6 is 11.8 Å². The van der Waals surface area contributed by atoms with E-state index in [4.69, 9.17) is 9.47 Å². The minimum absolute atomic E-state index is 0.359. The second-order valence-electron chi connectivity index (χ2n) is 4.77. The summed E-state index contributed by atoms with van der Waals surface area (Å²) in [7, 11) is 0. The lowest BCUT2D eigenvalue weighted by molar-refractivity contribution is 0.174. The number of rotatable bonds is 3. The molecule has 0 unspecified atom stereocenters. The highest BCUT2D eigenvalue weighted by Crippen LogP contribution is 2.38. The van der Waals surface area contributed by atoms with Crippen molar-refractivity contribution in [3.63, 3.8) is 0 Å². The molecule has 2 aliphatic heterocycles. The Bertz CT molecular complexity index is 416. The lowest BCUT2D eigenvalue weighted by atomic mass is 10.1. The van der Waals surface area contributed by atoms with Crippen LogP contribution in [0.1, 0.15) is 19.8 Å². The Morgan fingerprint density at radius 1 is 1.22 bits per heavy atom. The molecule has 0 amide bonds. The van der Waals surface area contributed by atoms with Crippen molar-refractivity contribution < 1.29 is 9.47 Å². The minimum Gasteiger partial charge on any atom is -0.454 e. The number of hydrogen-bond acceptors (Lipinski definition) is 4. The summed E-state index contributed by atoms with van der Waals surface area (Å²) in [6, 6.07) is 6.27. The van der Waals surface area contributed by atoms with E-state index in [1.54, 1.807) is 0 Å². The summed E-state index contributed by atoms with van der Waals surface area (Å²) in [6.07, 6.45) is 2.57. The Balaban J connectivity index is 1.60. The van der Waals surface area contributed by atoms with Crippen molar-refractivity contribution in [2.24, 2.45) is 0 Å². The van der Waals surface area contributed by atoms with Gasteiger partial charge in [0.1, 0.15) is 0 Å². The lowest BCUT2D eigenvalue weighted by Crippen LogP contribution is -2.34. The molecule has 0 aliphatic carbocycles. The summed E-state index contributed by atoms with van der Waals surface area (Å²) in [4.78, 5) is 3.82. The highest BCUT2D eigenvalue weighted by molar-refractivity contribution is 8.00. The highest BCUT2D eigenvalue weighted by atomic mass is 32.2. The van der Waals surface area contributed by atoms with Gasteiger partial charge in [-0.25, -0.2) is 0 Å². The number of nitrogens with zero attached hydrogens (tertiary/aromatic N) is 1. The van der Waals surface area contributed by atoms with Crippen LogP contribution in [0.25, 0.3) is 0 Å². The van der Waals surface area contributed by atoms with Gasteiger partial charge in [-0.05, 0) is 50.7 Å². The van der Waals surface area contributed by atoms with Gasteiger partial charge in [0, 0.05) is 10.1 Å². The molecule has 0 saturated carbocycles. The molecule has 3 nitrogen and oxygen atoms in total. The second-order valence-corrected chi connectivity index (χ2v) is 6.14. The lowest BCUT2D eigenvalue weighted by Gasteiger charge is -2.30.